The van der Waals surface area contributed by atoms with Crippen LogP contribution in [0.3, 0.4) is 0 Å². The average molecular weight is 226 g/mol. The molecule has 1 saturated carbocycles. The van der Waals surface area contributed by atoms with Gasteiger partial charge in [0.1, 0.15) is 0 Å². The monoisotopic (exact) mass is 226 g/mol. The molecule has 0 aromatic heterocycles. The van der Waals surface area contributed by atoms with Crippen molar-refractivity contribution in [1.29, 1.82) is 0 Å². The summed E-state index contributed by atoms with van der Waals surface area (Å²) in [5.41, 5.74) is 5.98. The first-order valence-corrected chi connectivity index (χ1v) is 6.01. The summed E-state index contributed by atoms with van der Waals surface area (Å²) in [4.78, 5) is 13.9. The van der Waals surface area contributed by atoms with Gasteiger partial charge >= 0.3 is 0 Å². The zero-order chi connectivity index (χ0) is 11.9. The van der Waals surface area contributed by atoms with Gasteiger partial charge in [-0.25, -0.2) is 0 Å². The Morgan fingerprint density at radius 2 is 2.06 bits per heavy atom. The Morgan fingerprint density at radius 3 is 2.50 bits per heavy atom. The Morgan fingerprint density at radius 1 is 1.50 bits per heavy atom. The molecule has 2 rings (SSSR count). The van der Waals surface area contributed by atoms with Gasteiger partial charge in [0.2, 0.25) is 5.91 Å². The molecule has 2 fully saturated rings. The number of nitrogens with two attached hydrogens (primary N) is 1. The van der Waals surface area contributed by atoms with Crippen LogP contribution in [0.5, 0.6) is 0 Å². The third kappa shape index (κ3) is 1.84. The number of likely N-dealkylation sites (tertiary alicyclic amines) is 1. The fourth-order valence-corrected chi connectivity index (χ4v) is 2.92. The summed E-state index contributed by atoms with van der Waals surface area (Å²) in [5, 5.41) is 0. The summed E-state index contributed by atoms with van der Waals surface area (Å²) in [7, 11) is 1.61. The van der Waals surface area contributed by atoms with Crippen molar-refractivity contribution in [2.75, 3.05) is 26.7 Å². The Kier molecular flexibility index (Phi) is 2.97. The Bertz CT molecular complexity index is 273. The highest BCUT2D eigenvalue weighted by molar-refractivity contribution is 5.77. The molecule has 1 amide bonds. The van der Waals surface area contributed by atoms with E-state index >= 15 is 0 Å². The van der Waals surface area contributed by atoms with Crippen molar-refractivity contribution in [3.8, 4) is 0 Å². The first-order valence-electron chi connectivity index (χ1n) is 6.01. The third-order valence-corrected chi connectivity index (χ3v) is 4.47. The maximum atomic E-state index is 11.9. The molecule has 1 aliphatic carbocycles. The molecule has 1 saturated heterocycles. The molecular weight excluding hydrogens is 204 g/mol. The fourth-order valence-electron chi connectivity index (χ4n) is 2.92. The molecule has 2 N–H and O–H groups in total. The van der Waals surface area contributed by atoms with E-state index in [1.165, 1.54) is 0 Å². The largest absolute Gasteiger partial charge is 0.380 e. The number of hydrogen-bond acceptors (Lipinski definition) is 3. The van der Waals surface area contributed by atoms with E-state index in [0.717, 1.165) is 24.9 Å². The number of methoxy groups -OCH3 is 1. The Balaban J connectivity index is 1.81. The minimum absolute atomic E-state index is 0.127. The van der Waals surface area contributed by atoms with E-state index in [1.807, 2.05) is 4.90 Å². The van der Waals surface area contributed by atoms with Gasteiger partial charge < -0.3 is 15.4 Å². The van der Waals surface area contributed by atoms with Gasteiger partial charge in [0.15, 0.2) is 0 Å². The SMILES string of the molecule is COC(CN)CC(=O)N1CC2C(C1)C2(C)C. The maximum Gasteiger partial charge on any atom is 0.225 e. The van der Waals surface area contributed by atoms with Crippen molar-refractivity contribution in [2.45, 2.75) is 26.4 Å². The molecule has 0 bridgehead atoms. The molecule has 3 unspecified atom stereocenters. The lowest BCUT2D eigenvalue weighted by Crippen LogP contribution is -2.37. The molecule has 16 heavy (non-hydrogen) atoms. The molecule has 0 spiro atoms. The molecule has 1 heterocycles. The van der Waals surface area contributed by atoms with Gasteiger partial charge in [-0.15, -0.1) is 0 Å². The van der Waals surface area contributed by atoms with E-state index in [2.05, 4.69) is 13.8 Å². The molecular formula is C12H22N2O2. The highest BCUT2D eigenvalue weighted by atomic mass is 16.5. The number of amides is 1. The smallest absolute Gasteiger partial charge is 0.225 e. The number of rotatable bonds is 4. The fraction of sp³-hybridized carbons (Fsp3) is 0.917. The predicted molar refractivity (Wildman–Crippen MR) is 61.8 cm³/mol. The second kappa shape index (κ2) is 4.00. The number of carbonyl (C=O) groups excluding carboxylic acids is 1. The summed E-state index contributed by atoms with van der Waals surface area (Å²) >= 11 is 0. The van der Waals surface area contributed by atoms with Crippen molar-refractivity contribution >= 4 is 5.91 Å². The van der Waals surface area contributed by atoms with Gasteiger partial charge in [-0.3, -0.25) is 4.79 Å². The lowest BCUT2D eigenvalue weighted by molar-refractivity contribution is -0.133. The van der Waals surface area contributed by atoms with Gasteiger partial charge in [0.25, 0.3) is 0 Å². The van der Waals surface area contributed by atoms with Gasteiger partial charge in [-0.2, -0.15) is 0 Å². The van der Waals surface area contributed by atoms with E-state index < -0.39 is 0 Å². The summed E-state index contributed by atoms with van der Waals surface area (Å²) in [6, 6.07) is 0. The van der Waals surface area contributed by atoms with Crippen LogP contribution in [0.2, 0.25) is 0 Å². The molecule has 0 aromatic rings. The lowest BCUT2D eigenvalue weighted by atomic mass is 10.1. The minimum Gasteiger partial charge on any atom is -0.380 e. The summed E-state index contributed by atoms with van der Waals surface area (Å²) in [5.74, 6) is 1.63. The van der Waals surface area contributed by atoms with E-state index in [9.17, 15) is 4.79 Å². The summed E-state index contributed by atoms with van der Waals surface area (Å²) in [6.45, 7) is 6.85. The number of nitrogens with zero attached hydrogens (tertiary/aromatic N) is 1. The third-order valence-electron chi connectivity index (χ3n) is 4.47. The second-order valence-electron chi connectivity index (χ2n) is 5.63. The van der Waals surface area contributed by atoms with E-state index in [0.29, 0.717) is 18.4 Å². The average Bonchev–Trinajstić information content (AvgIpc) is 2.70. The van der Waals surface area contributed by atoms with Crippen LogP contribution in [-0.2, 0) is 9.53 Å². The van der Waals surface area contributed by atoms with Gasteiger partial charge in [0, 0.05) is 26.7 Å². The zero-order valence-electron chi connectivity index (χ0n) is 10.4. The van der Waals surface area contributed by atoms with Gasteiger partial charge in [0.05, 0.1) is 12.5 Å². The van der Waals surface area contributed by atoms with Crippen LogP contribution in [0.15, 0.2) is 0 Å². The van der Waals surface area contributed by atoms with Crippen molar-refractivity contribution in [3.63, 3.8) is 0 Å². The number of carbonyl (C=O) groups is 1. The Hall–Kier alpha value is -0.610. The van der Waals surface area contributed by atoms with Crippen LogP contribution in [0.1, 0.15) is 20.3 Å². The van der Waals surface area contributed by atoms with Crippen LogP contribution in [0, 0.1) is 17.3 Å². The standard InChI is InChI=1S/C12H22N2O2/c1-12(2)9-6-14(7-10(9)12)11(15)4-8(5-13)16-3/h8-10H,4-7,13H2,1-3H3. The van der Waals surface area contributed by atoms with Gasteiger partial charge in [-0.05, 0) is 17.3 Å². The zero-order valence-corrected chi connectivity index (χ0v) is 10.4. The molecule has 3 atom stereocenters. The quantitative estimate of drug-likeness (QED) is 0.758. The molecule has 0 aromatic carbocycles. The molecule has 4 heteroatoms. The number of fused-ring (bicyclic) bond motifs is 1. The predicted octanol–water partition coefficient (Wildman–Crippen LogP) is 0.465. The molecule has 4 nitrogen and oxygen atoms in total. The van der Waals surface area contributed by atoms with Crippen LogP contribution in [-0.4, -0.2) is 43.7 Å². The lowest BCUT2D eigenvalue weighted by Gasteiger charge is -2.23. The van der Waals surface area contributed by atoms with E-state index in [4.69, 9.17) is 10.5 Å². The number of ether oxygens (including phenoxy) is 1. The van der Waals surface area contributed by atoms with Crippen LogP contribution in [0.4, 0.5) is 0 Å². The van der Waals surface area contributed by atoms with Crippen LogP contribution < -0.4 is 5.73 Å². The van der Waals surface area contributed by atoms with E-state index in [-0.39, 0.29) is 12.0 Å². The van der Waals surface area contributed by atoms with Crippen molar-refractivity contribution in [1.82, 2.24) is 4.90 Å². The minimum atomic E-state index is -0.127. The highest BCUT2D eigenvalue weighted by Crippen LogP contribution is 2.61. The van der Waals surface area contributed by atoms with Crippen molar-refractivity contribution in [3.05, 3.63) is 0 Å². The summed E-state index contributed by atoms with van der Waals surface area (Å²) < 4.78 is 5.14. The maximum absolute atomic E-state index is 11.9. The number of piperidine rings is 1. The first-order chi connectivity index (χ1) is 7.50. The molecule has 0 radical (unpaired) electrons. The molecule has 92 valence electrons. The highest BCUT2D eigenvalue weighted by Gasteiger charge is 2.62. The molecule has 2 aliphatic rings. The second-order valence-corrected chi connectivity index (χ2v) is 5.63. The Labute approximate surface area is 97.1 Å². The molecule has 1 aliphatic heterocycles. The van der Waals surface area contributed by atoms with E-state index in [1.54, 1.807) is 7.11 Å². The van der Waals surface area contributed by atoms with Gasteiger partial charge in [-0.1, -0.05) is 13.8 Å². The normalized spacial score (nSPS) is 32.4. The van der Waals surface area contributed by atoms with Crippen molar-refractivity contribution in [2.24, 2.45) is 23.0 Å². The first kappa shape index (κ1) is 11.9. The summed E-state index contributed by atoms with van der Waals surface area (Å²) in [6.07, 6.45) is 0.296. The van der Waals surface area contributed by atoms with Crippen LogP contribution >= 0.6 is 0 Å². The number of hydrogen-bond donors (Lipinski definition) is 1. The topological polar surface area (TPSA) is 55.6 Å². The van der Waals surface area contributed by atoms with Crippen molar-refractivity contribution < 1.29 is 9.53 Å². The van der Waals surface area contributed by atoms with Crippen LogP contribution in [0.25, 0.3) is 0 Å².